The lowest BCUT2D eigenvalue weighted by Gasteiger charge is -2.21. The molecule has 5 nitrogen and oxygen atoms in total. The molecule has 120 valence electrons. The van der Waals surface area contributed by atoms with E-state index in [0.29, 0.717) is 13.0 Å². The van der Waals surface area contributed by atoms with E-state index in [9.17, 15) is 9.59 Å². The highest BCUT2D eigenvalue weighted by Crippen LogP contribution is 2.23. The smallest absolute Gasteiger partial charge is 0.320 e. The molecule has 0 spiro atoms. The van der Waals surface area contributed by atoms with Crippen molar-refractivity contribution >= 4 is 17.6 Å². The first-order valence-corrected chi connectivity index (χ1v) is 7.64. The van der Waals surface area contributed by atoms with Gasteiger partial charge >= 0.3 is 5.97 Å². The number of rotatable bonds is 4. The minimum absolute atomic E-state index is 0.0762. The molecular formula is C17H24N2O3. The Morgan fingerprint density at radius 1 is 1.27 bits per heavy atom. The second-order valence-electron chi connectivity index (χ2n) is 6.84. The Morgan fingerprint density at radius 3 is 2.45 bits per heavy atom. The number of nitrogens with zero attached hydrogens (tertiary/aromatic N) is 1. The predicted molar refractivity (Wildman–Crippen MR) is 86.0 cm³/mol. The van der Waals surface area contributed by atoms with Gasteiger partial charge < -0.3 is 10.4 Å². The van der Waals surface area contributed by atoms with Crippen molar-refractivity contribution < 1.29 is 14.7 Å². The molecule has 0 aliphatic carbocycles. The van der Waals surface area contributed by atoms with E-state index in [1.165, 1.54) is 5.56 Å². The van der Waals surface area contributed by atoms with Crippen LogP contribution in [0.15, 0.2) is 24.3 Å². The van der Waals surface area contributed by atoms with Crippen molar-refractivity contribution in [3.8, 4) is 0 Å². The number of carboxylic acid groups (broad SMARTS) is 1. The summed E-state index contributed by atoms with van der Waals surface area (Å²) in [6.07, 6.45) is 1.44. The third-order valence-electron chi connectivity index (χ3n) is 4.03. The highest BCUT2D eigenvalue weighted by Gasteiger charge is 2.31. The van der Waals surface area contributed by atoms with Crippen molar-refractivity contribution in [2.24, 2.45) is 0 Å². The van der Waals surface area contributed by atoms with Crippen LogP contribution < -0.4 is 5.32 Å². The number of nitrogens with one attached hydrogen (secondary N) is 1. The quantitative estimate of drug-likeness (QED) is 0.896. The van der Waals surface area contributed by atoms with Gasteiger partial charge in [0.05, 0.1) is 6.54 Å². The van der Waals surface area contributed by atoms with Crippen molar-refractivity contribution in [1.29, 1.82) is 0 Å². The molecule has 0 radical (unpaired) electrons. The van der Waals surface area contributed by atoms with Crippen LogP contribution in [0, 0.1) is 0 Å². The second-order valence-corrected chi connectivity index (χ2v) is 6.84. The van der Waals surface area contributed by atoms with Crippen molar-refractivity contribution in [1.82, 2.24) is 4.90 Å². The van der Waals surface area contributed by atoms with E-state index in [2.05, 4.69) is 26.1 Å². The Balaban J connectivity index is 1.93. The van der Waals surface area contributed by atoms with Gasteiger partial charge in [-0.25, -0.2) is 0 Å². The van der Waals surface area contributed by atoms with Crippen molar-refractivity contribution in [3.05, 3.63) is 29.8 Å². The molecular weight excluding hydrogens is 280 g/mol. The largest absolute Gasteiger partial charge is 0.480 e. The molecule has 1 aromatic rings. The van der Waals surface area contributed by atoms with Crippen LogP contribution in [0.5, 0.6) is 0 Å². The summed E-state index contributed by atoms with van der Waals surface area (Å²) >= 11 is 0. The summed E-state index contributed by atoms with van der Waals surface area (Å²) in [6, 6.07) is 7.25. The highest BCUT2D eigenvalue weighted by molar-refractivity contribution is 5.92. The van der Waals surface area contributed by atoms with Gasteiger partial charge in [0.1, 0.15) is 6.04 Å². The summed E-state index contributed by atoms with van der Waals surface area (Å²) < 4.78 is 0. The number of hydrogen-bond donors (Lipinski definition) is 2. The van der Waals surface area contributed by atoms with E-state index in [-0.39, 0.29) is 17.9 Å². The van der Waals surface area contributed by atoms with Gasteiger partial charge in [-0.05, 0) is 42.5 Å². The second kappa shape index (κ2) is 6.48. The van der Waals surface area contributed by atoms with E-state index >= 15 is 0 Å². The van der Waals surface area contributed by atoms with Gasteiger partial charge in [-0.2, -0.15) is 0 Å². The number of carbonyl (C=O) groups excluding carboxylic acids is 1. The van der Waals surface area contributed by atoms with Gasteiger partial charge in [-0.15, -0.1) is 0 Å². The lowest BCUT2D eigenvalue weighted by Crippen LogP contribution is -2.40. The van der Waals surface area contributed by atoms with Crippen LogP contribution in [0.25, 0.3) is 0 Å². The number of carbonyl (C=O) groups is 2. The first-order chi connectivity index (χ1) is 10.3. The maximum Gasteiger partial charge on any atom is 0.320 e. The predicted octanol–water partition coefficient (Wildman–Crippen LogP) is 2.47. The molecule has 1 unspecified atom stereocenters. The molecule has 0 saturated carbocycles. The third-order valence-corrected chi connectivity index (χ3v) is 4.03. The molecule has 2 rings (SSSR count). The minimum atomic E-state index is -0.847. The van der Waals surface area contributed by atoms with Crippen LogP contribution in [0.4, 0.5) is 5.69 Å². The fourth-order valence-corrected chi connectivity index (χ4v) is 2.73. The fourth-order valence-electron chi connectivity index (χ4n) is 2.73. The number of aliphatic carboxylic acids is 1. The Kier molecular flexibility index (Phi) is 4.86. The van der Waals surface area contributed by atoms with Crippen LogP contribution in [-0.4, -0.2) is 41.0 Å². The Labute approximate surface area is 131 Å². The molecule has 1 atom stereocenters. The number of benzene rings is 1. The lowest BCUT2D eigenvalue weighted by atomic mass is 9.87. The SMILES string of the molecule is CC(C)(C)c1ccc(NC(=O)CN2CCCC2C(=O)O)cc1. The molecule has 5 heteroatoms. The maximum atomic E-state index is 12.1. The van der Waals surface area contributed by atoms with Gasteiger partial charge in [0.15, 0.2) is 0 Å². The zero-order valence-electron chi connectivity index (χ0n) is 13.4. The summed E-state index contributed by atoms with van der Waals surface area (Å²) in [7, 11) is 0. The molecule has 22 heavy (non-hydrogen) atoms. The summed E-state index contributed by atoms with van der Waals surface area (Å²) in [4.78, 5) is 24.9. The van der Waals surface area contributed by atoms with Crippen molar-refractivity contribution in [2.75, 3.05) is 18.4 Å². The van der Waals surface area contributed by atoms with Gasteiger partial charge in [-0.3, -0.25) is 14.5 Å². The van der Waals surface area contributed by atoms with Crippen LogP contribution in [-0.2, 0) is 15.0 Å². The van der Waals surface area contributed by atoms with E-state index in [1.54, 1.807) is 4.90 Å². The van der Waals surface area contributed by atoms with Crippen LogP contribution in [0.3, 0.4) is 0 Å². The van der Waals surface area contributed by atoms with Crippen LogP contribution >= 0.6 is 0 Å². The number of likely N-dealkylation sites (tertiary alicyclic amines) is 1. The molecule has 2 N–H and O–H groups in total. The Morgan fingerprint density at radius 2 is 1.91 bits per heavy atom. The topological polar surface area (TPSA) is 69.6 Å². The summed E-state index contributed by atoms with van der Waals surface area (Å²) in [5.41, 5.74) is 2.02. The average molecular weight is 304 g/mol. The zero-order valence-corrected chi connectivity index (χ0v) is 13.4. The van der Waals surface area contributed by atoms with Crippen molar-refractivity contribution in [2.45, 2.75) is 45.1 Å². The summed E-state index contributed by atoms with van der Waals surface area (Å²) in [5, 5.41) is 12.0. The molecule has 1 aliphatic rings. The molecule has 0 bridgehead atoms. The average Bonchev–Trinajstić information content (AvgIpc) is 2.86. The fraction of sp³-hybridized carbons (Fsp3) is 0.529. The van der Waals surface area contributed by atoms with Crippen molar-refractivity contribution in [3.63, 3.8) is 0 Å². The highest BCUT2D eigenvalue weighted by atomic mass is 16.4. The monoisotopic (exact) mass is 304 g/mol. The number of anilines is 1. The molecule has 1 fully saturated rings. The van der Waals surface area contributed by atoms with Gasteiger partial charge in [-0.1, -0.05) is 32.9 Å². The van der Waals surface area contributed by atoms with Crippen LogP contribution in [0.2, 0.25) is 0 Å². The van der Waals surface area contributed by atoms with Gasteiger partial charge in [0, 0.05) is 5.69 Å². The van der Waals surface area contributed by atoms with Crippen LogP contribution in [0.1, 0.15) is 39.2 Å². The third kappa shape index (κ3) is 4.07. The summed E-state index contributed by atoms with van der Waals surface area (Å²) in [6.45, 7) is 7.20. The molecule has 0 aromatic heterocycles. The number of amides is 1. The van der Waals surface area contributed by atoms with E-state index in [1.807, 2.05) is 24.3 Å². The zero-order chi connectivity index (χ0) is 16.3. The first kappa shape index (κ1) is 16.5. The first-order valence-electron chi connectivity index (χ1n) is 7.64. The standard InChI is InChI=1S/C17H24N2O3/c1-17(2,3)12-6-8-13(9-7-12)18-15(20)11-19-10-4-5-14(19)16(21)22/h6-9,14H,4-5,10-11H2,1-3H3,(H,18,20)(H,21,22). The number of hydrogen-bond acceptors (Lipinski definition) is 3. The summed E-state index contributed by atoms with van der Waals surface area (Å²) in [5.74, 6) is -1.02. The Hall–Kier alpha value is -1.88. The van der Waals surface area contributed by atoms with E-state index in [0.717, 1.165) is 12.1 Å². The molecule has 1 aromatic carbocycles. The van der Waals surface area contributed by atoms with Gasteiger partial charge in [0.2, 0.25) is 5.91 Å². The Bertz CT molecular complexity index is 546. The molecule has 1 saturated heterocycles. The minimum Gasteiger partial charge on any atom is -0.480 e. The lowest BCUT2D eigenvalue weighted by molar-refractivity contribution is -0.142. The number of carboxylic acids is 1. The molecule has 1 heterocycles. The normalized spacial score (nSPS) is 19.1. The van der Waals surface area contributed by atoms with E-state index in [4.69, 9.17) is 5.11 Å². The van der Waals surface area contributed by atoms with Gasteiger partial charge in [0.25, 0.3) is 0 Å². The van der Waals surface area contributed by atoms with E-state index < -0.39 is 12.0 Å². The molecule has 1 aliphatic heterocycles. The molecule has 1 amide bonds. The maximum absolute atomic E-state index is 12.1.